The monoisotopic (exact) mass is 872 g/mol. The summed E-state index contributed by atoms with van der Waals surface area (Å²) in [6.07, 6.45) is 7.04. The molecule has 2 bridgehead atoms. The first-order valence-electron chi connectivity index (χ1n) is 23.0. The lowest BCUT2D eigenvalue weighted by molar-refractivity contribution is -0.199. The van der Waals surface area contributed by atoms with Crippen LogP contribution in [0.1, 0.15) is 121 Å². The van der Waals surface area contributed by atoms with Gasteiger partial charge in [-0.15, -0.1) is 0 Å². The van der Waals surface area contributed by atoms with Crippen LogP contribution in [0.15, 0.2) is 48.5 Å². The van der Waals surface area contributed by atoms with Crippen molar-refractivity contribution in [3.8, 4) is 11.1 Å². The molecule has 7 rings (SSSR count). The van der Waals surface area contributed by atoms with Crippen molar-refractivity contribution in [3.05, 3.63) is 59.7 Å². The van der Waals surface area contributed by atoms with Gasteiger partial charge in [0, 0.05) is 5.56 Å². The molecule has 13 N–H and O–H groups in total. The number of nitrogens with one attached hydrogen (secondary N) is 5. The first-order chi connectivity index (χ1) is 30.0. The molecule has 1 heterocycles. The fourth-order valence-electron chi connectivity index (χ4n) is 9.67. The number of carbonyl (C=O) groups excluding carboxylic acids is 5. The number of benzene rings is 2. The highest BCUT2D eigenvalue weighted by Gasteiger charge is 2.68. The molecule has 4 aliphatic carbocycles. The van der Waals surface area contributed by atoms with Gasteiger partial charge in [0.05, 0.1) is 11.7 Å². The summed E-state index contributed by atoms with van der Waals surface area (Å²) in [4.78, 5) is 67.9. The molecule has 2 aromatic rings. The van der Waals surface area contributed by atoms with Gasteiger partial charge in [0.1, 0.15) is 23.7 Å². The molecule has 0 radical (unpaired) electrons. The number of hydrogen-bond acceptors (Lipinski definition) is 11. The standard InChI is InChI=1S/C46H70BN9O7/c1-5-6-11-28-14-16-29(17-15-28)30-18-20-31(21-19-30)38(57)52-34(13-8-10-25-49)40(59)56-46(22-23-46)42(61)54-37(50)41(60)53-33(12-7-9-24-48)39(58)55-43(51)47-62-36-27-32-26-35(44(32,2)3)45(36,4)63-47/h14-21,32-37,43H,5-13,22-27,48-51H2,1-4H3,(H,52,57)(H,53,60)(H,54,61)(H,55,58)(H,56,59)/t32-,33-,34-,35-,36?,37+,43+,45-/m0/s1. The molecular weight excluding hydrogens is 801 g/mol. The van der Waals surface area contributed by atoms with E-state index in [1.807, 2.05) is 12.1 Å². The Morgan fingerprint density at radius 2 is 1.35 bits per heavy atom. The van der Waals surface area contributed by atoms with Crippen molar-refractivity contribution in [2.45, 2.75) is 153 Å². The van der Waals surface area contributed by atoms with Crippen LogP contribution in [0.25, 0.3) is 11.1 Å². The quantitative estimate of drug-likeness (QED) is 0.0444. The lowest BCUT2D eigenvalue weighted by atomic mass is 9.43. The van der Waals surface area contributed by atoms with E-state index in [-0.39, 0.29) is 17.9 Å². The second-order valence-electron chi connectivity index (χ2n) is 18.9. The highest BCUT2D eigenvalue weighted by Crippen LogP contribution is 2.65. The highest BCUT2D eigenvalue weighted by atomic mass is 16.7. The fraction of sp³-hybridized carbons (Fsp3) is 0.630. The van der Waals surface area contributed by atoms with Crippen LogP contribution in [-0.2, 0) is 34.9 Å². The predicted octanol–water partition coefficient (Wildman–Crippen LogP) is 2.26. The fourth-order valence-corrected chi connectivity index (χ4v) is 9.67. The molecule has 4 saturated carbocycles. The molecule has 5 fully saturated rings. The Morgan fingerprint density at radius 3 is 1.92 bits per heavy atom. The molecule has 1 aliphatic heterocycles. The number of nitrogens with two attached hydrogens (primary N) is 4. The molecule has 5 aliphatic rings. The summed E-state index contributed by atoms with van der Waals surface area (Å²) in [6.45, 7) is 9.56. The average Bonchev–Trinajstić information content (AvgIpc) is 3.96. The van der Waals surface area contributed by atoms with Gasteiger partial charge < -0.3 is 58.8 Å². The Labute approximate surface area is 372 Å². The number of carbonyl (C=O) groups is 5. The van der Waals surface area contributed by atoms with E-state index < -0.39 is 72.1 Å². The molecular formula is C46H70BN9O7. The van der Waals surface area contributed by atoms with Crippen LogP contribution < -0.4 is 49.5 Å². The van der Waals surface area contributed by atoms with Gasteiger partial charge in [0.25, 0.3) is 11.8 Å². The third-order valence-corrected chi connectivity index (χ3v) is 14.1. The summed E-state index contributed by atoms with van der Waals surface area (Å²) in [6, 6.07) is 12.6. The normalized spacial score (nSPS) is 24.4. The third-order valence-electron chi connectivity index (χ3n) is 14.1. The van der Waals surface area contributed by atoms with Crippen molar-refractivity contribution < 1.29 is 33.3 Å². The molecule has 344 valence electrons. The van der Waals surface area contributed by atoms with E-state index in [4.69, 9.17) is 32.2 Å². The minimum Gasteiger partial charge on any atom is -0.403 e. The molecule has 5 amide bonds. The number of aryl methyl sites for hydroxylation is 1. The van der Waals surface area contributed by atoms with Crippen LogP contribution in [0.2, 0.25) is 0 Å². The van der Waals surface area contributed by atoms with Gasteiger partial charge in [-0.2, -0.15) is 0 Å². The smallest absolute Gasteiger partial charge is 0.403 e. The number of amides is 5. The molecule has 1 saturated heterocycles. The van der Waals surface area contributed by atoms with E-state index in [1.54, 1.807) is 12.1 Å². The van der Waals surface area contributed by atoms with Gasteiger partial charge in [-0.3, -0.25) is 24.0 Å². The number of unbranched alkanes of at least 4 members (excludes halogenated alkanes) is 3. The Balaban J connectivity index is 1.02. The number of hydrogen-bond donors (Lipinski definition) is 9. The molecule has 0 spiro atoms. The van der Waals surface area contributed by atoms with Crippen LogP contribution in [-0.4, -0.2) is 91.3 Å². The first kappa shape index (κ1) is 48.1. The van der Waals surface area contributed by atoms with Crippen LogP contribution in [0.5, 0.6) is 0 Å². The summed E-state index contributed by atoms with van der Waals surface area (Å²) in [5.74, 6) is -2.13. The van der Waals surface area contributed by atoms with Gasteiger partial charge in [-0.25, -0.2) is 0 Å². The minimum absolute atomic E-state index is 0.128. The van der Waals surface area contributed by atoms with E-state index in [2.05, 4.69) is 78.5 Å². The topological polar surface area (TPSA) is 268 Å². The number of rotatable bonds is 23. The van der Waals surface area contributed by atoms with Crippen molar-refractivity contribution in [3.63, 3.8) is 0 Å². The van der Waals surface area contributed by atoms with Gasteiger partial charge in [-0.1, -0.05) is 63.6 Å². The zero-order valence-corrected chi connectivity index (χ0v) is 37.5. The Bertz CT molecular complexity index is 1930. The van der Waals surface area contributed by atoms with Crippen molar-refractivity contribution in [1.82, 2.24) is 26.6 Å². The van der Waals surface area contributed by atoms with Gasteiger partial charge in [0.2, 0.25) is 17.7 Å². The molecule has 17 heteroatoms. The van der Waals surface area contributed by atoms with Gasteiger partial charge in [-0.05, 0) is 143 Å². The Hall–Kier alpha value is -4.39. The van der Waals surface area contributed by atoms with Crippen LogP contribution in [0.4, 0.5) is 0 Å². The van der Waals surface area contributed by atoms with Crippen LogP contribution in [0.3, 0.4) is 0 Å². The lowest BCUT2D eigenvalue weighted by Gasteiger charge is -2.64. The maximum Gasteiger partial charge on any atom is 0.497 e. The van der Waals surface area contributed by atoms with Crippen LogP contribution >= 0.6 is 0 Å². The molecule has 63 heavy (non-hydrogen) atoms. The van der Waals surface area contributed by atoms with E-state index in [0.29, 0.717) is 75.4 Å². The van der Waals surface area contributed by atoms with Crippen molar-refractivity contribution in [1.29, 1.82) is 0 Å². The molecule has 1 unspecified atom stereocenters. The lowest BCUT2D eigenvalue weighted by Crippen LogP contribution is -2.65. The maximum absolute atomic E-state index is 13.8. The predicted molar refractivity (Wildman–Crippen MR) is 242 cm³/mol. The summed E-state index contributed by atoms with van der Waals surface area (Å²) in [5.41, 5.74) is 26.1. The Morgan fingerprint density at radius 1 is 0.746 bits per heavy atom. The van der Waals surface area contributed by atoms with Crippen molar-refractivity contribution in [2.75, 3.05) is 13.1 Å². The van der Waals surface area contributed by atoms with Crippen molar-refractivity contribution >= 4 is 36.7 Å². The molecule has 0 aromatic heterocycles. The second-order valence-corrected chi connectivity index (χ2v) is 18.9. The summed E-state index contributed by atoms with van der Waals surface area (Å²) in [7, 11) is -0.866. The first-order valence-corrected chi connectivity index (χ1v) is 23.0. The SMILES string of the molecule is CCCCc1ccc(-c2ccc(C(=O)N[C@@H](CCCCN)C(=O)NC3(C(=O)N[C@@H](N)C(=O)N[C@@H](CCCCN)C(=O)N[C@@H](N)B4OC5C[C@@H]6C[C@@H](C6(C)C)[C@]5(C)O4)CC3)cc2)cc1. The third kappa shape index (κ3) is 11.1. The van der Waals surface area contributed by atoms with Crippen molar-refractivity contribution in [2.24, 2.45) is 40.2 Å². The van der Waals surface area contributed by atoms with E-state index in [1.165, 1.54) is 5.56 Å². The van der Waals surface area contributed by atoms with E-state index >= 15 is 0 Å². The summed E-state index contributed by atoms with van der Waals surface area (Å²) < 4.78 is 12.7. The zero-order valence-electron chi connectivity index (χ0n) is 37.5. The highest BCUT2D eigenvalue weighted by molar-refractivity contribution is 6.47. The maximum atomic E-state index is 13.8. The average molecular weight is 872 g/mol. The largest absolute Gasteiger partial charge is 0.497 e. The molecule has 2 aromatic carbocycles. The second kappa shape index (κ2) is 20.6. The zero-order chi connectivity index (χ0) is 45.5. The van der Waals surface area contributed by atoms with E-state index in [0.717, 1.165) is 43.2 Å². The Kier molecular flexibility index (Phi) is 15.7. The van der Waals surface area contributed by atoms with Gasteiger partial charge in [0.15, 0.2) is 6.17 Å². The molecule has 8 atom stereocenters. The van der Waals surface area contributed by atoms with Gasteiger partial charge >= 0.3 is 7.12 Å². The summed E-state index contributed by atoms with van der Waals surface area (Å²) >= 11 is 0. The summed E-state index contributed by atoms with van der Waals surface area (Å²) in [5, 5.41) is 13.6. The molecule has 16 nitrogen and oxygen atoms in total. The minimum atomic E-state index is -1.55. The van der Waals surface area contributed by atoms with Crippen LogP contribution in [0, 0.1) is 17.3 Å². The van der Waals surface area contributed by atoms with E-state index in [9.17, 15) is 24.0 Å².